The van der Waals surface area contributed by atoms with Crippen LogP contribution in [0.5, 0.6) is 0 Å². The van der Waals surface area contributed by atoms with E-state index in [9.17, 15) is 4.79 Å². The summed E-state index contributed by atoms with van der Waals surface area (Å²) in [7, 11) is 0. The molecule has 0 amide bonds. The van der Waals surface area contributed by atoms with Crippen LogP contribution in [0.4, 0.5) is 0 Å². The van der Waals surface area contributed by atoms with Gasteiger partial charge in [0.25, 0.3) is 0 Å². The average Bonchev–Trinajstić information content (AvgIpc) is 3.12. The van der Waals surface area contributed by atoms with Crippen molar-refractivity contribution in [3.63, 3.8) is 0 Å². The lowest BCUT2D eigenvalue weighted by Crippen LogP contribution is -1.99. The van der Waals surface area contributed by atoms with Gasteiger partial charge in [-0.3, -0.25) is 4.57 Å². The van der Waals surface area contributed by atoms with Crippen LogP contribution in [-0.2, 0) is 5.75 Å². The van der Waals surface area contributed by atoms with E-state index in [1.807, 2.05) is 29.7 Å². The van der Waals surface area contributed by atoms with Crippen LogP contribution in [0, 0.1) is 6.92 Å². The van der Waals surface area contributed by atoms with Crippen LogP contribution in [0.15, 0.2) is 34.8 Å². The second kappa shape index (κ2) is 6.69. The number of hydrogen-bond donors (Lipinski definition) is 1. The first-order valence-corrected chi connectivity index (χ1v) is 8.77. The van der Waals surface area contributed by atoms with E-state index in [1.165, 1.54) is 28.5 Å². The monoisotopic (exact) mass is 366 g/mol. The lowest BCUT2D eigenvalue weighted by Gasteiger charge is -2.08. The summed E-state index contributed by atoms with van der Waals surface area (Å²) >= 11 is 8.81. The van der Waals surface area contributed by atoms with Gasteiger partial charge in [0, 0.05) is 10.4 Å². The van der Waals surface area contributed by atoms with Gasteiger partial charge in [-0.2, -0.15) is 0 Å². The fourth-order valence-corrected chi connectivity index (χ4v) is 3.92. The minimum Gasteiger partial charge on any atom is -0.476 e. The van der Waals surface area contributed by atoms with E-state index in [-0.39, 0.29) is 5.69 Å². The van der Waals surface area contributed by atoms with Gasteiger partial charge in [0.15, 0.2) is 10.9 Å². The van der Waals surface area contributed by atoms with E-state index in [0.29, 0.717) is 15.9 Å². The molecule has 0 fully saturated rings. The summed E-state index contributed by atoms with van der Waals surface area (Å²) in [6, 6.07) is 7.44. The van der Waals surface area contributed by atoms with Crippen molar-refractivity contribution in [1.82, 2.24) is 19.7 Å². The molecule has 118 valence electrons. The smallest absolute Gasteiger partial charge is 0.355 e. The van der Waals surface area contributed by atoms with E-state index in [0.717, 1.165) is 16.5 Å². The van der Waals surface area contributed by atoms with Gasteiger partial charge < -0.3 is 5.11 Å². The highest BCUT2D eigenvalue weighted by Crippen LogP contribution is 2.27. The van der Waals surface area contributed by atoms with Gasteiger partial charge in [0.2, 0.25) is 0 Å². The molecule has 9 heteroatoms. The zero-order chi connectivity index (χ0) is 16.4. The molecule has 3 aromatic rings. The summed E-state index contributed by atoms with van der Waals surface area (Å²) in [5, 5.41) is 20.8. The predicted octanol–water partition coefficient (Wildman–Crippen LogP) is 3.68. The normalized spacial score (nSPS) is 10.9. The highest BCUT2D eigenvalue weighted by Gasteiger charge is 2.14. The molecule has 2 aromatic heterocycles. The van der Waals surface area contributed by atoms with Crippen molar-refractivity contribution in [2.24, 2.45) is 0 Å². The van der Waals surface area contributed by atoms with Gasteiger partial charge in [-0.15, -0.1) is 21.5 Å². The van der Waals surface area contributed by atoms with Gasteiger partial charge in [0.05, 0.1) is 11.4 Å². The maximum Gasteiger partial charge on any atom is 0.355 e. The number of thioether (sulfide) groups is 1. The molecule has 0 aliphatic heterocycles. The predicted molar refractivity (Wildman–Crippen MR) is 89.7 cm³/mol. The van der Waals surface area contributed by atoms with Gasteiger partial charge >= 0.3 is 5.97 Å². The summed E-state index contributed by atoms with van der Waals surface area (Å²) < 4.78 is 1.91. The number of aromatic nitrogens is 4. The summed E-state index contributed by atoms with van der Waals surface area (Å²) in [4.78, 5) is 14.9. The minimum absolute atomic E-state index is 0.0677. The number of carboxylic acids is 1. The largest absolute Gasteiger partial charge is 0.476 e. The molecule has 0 radical (unpaired) electrons. The van der Waals surface area contributed by atoms with Crippen molar-refractivity contribution < 1.29 is 9.90 Å². The Morgan fingerprint density at radius 3 is 2.96 bits per heavy atom. The Morgan fingerprint density at radius 1 is 1.43 bits per heavy atom. The molecule has 23 heavy (non-hydrogen) atoms. The number of aromatic carboxylic acids is 1. The Bertz CT molecular complexity index is 862. The molecule has 0 unspecified atom stereocenters. The summed E-state index contributed by atoms with van der Waals surface area (Å²) in [5.74, 6) is 0.256. The van der Waals surface area contributed by atoms with E-state index < -0.39 is 5.97 Å². The second-order valence-corrected chi connectivity index (χ2v) is 6.89. The van der Waals surface area contributed by atoms with Crippen LogP contribution < -0.4 is 0 Å². The summed E-state index contributed by atoms with van der Waals surface area (Å²) in [6.07, 6.45) is 0. The SMILES string of the molecule is Cc1nnc(SCc2nc(C(=O)O)cs2)n1-c1cccc(Cl)c1. The lowest BCUT2D eigenvalue weighted by atomic mass is 10.3. The lowest BCUT2D eigenvalue weighted by molar-refractivity contribution is 0.0691. The molecule has 1 aromatic carbocycles. The minimum atomic E-state index is -1.02. The second-order valence-electron chi connectivity index (χ2n) is 4.57. The van der Waals surface area contributed by atoms with Crippen molar-refractivity contribution in [3.8, 4) is 5.69 Å². The molecular weight excluding hydrogens is 356 g/mol. The Balaban J connectivity index is 1.82. The molecule has 0 spiro atoms. The van der Waals surface area contributed by atoms with Crippen LogP contribution in [0.25, 0.3) is 5.69 Å². The number of hydrogen-bond acceptors (Lipinski definition) is 6. The Morgan fingerprint density at radius 2 is 2.26 bits per heavy atom. The zero-order valence-electron chi connectivity index (χ0n) is 11.9. The molecule has 0 aliphatic carbocycles. The number of carbonyl (C=O) groups is 1. The van der Waals surface area contributed by atoms with Crippen molar-refractivity contribution in [3.05, 3.63) is 51.2 Å². The number of carboxylic acid groups (broad SMARTS) is 1. The molecule has 0 bridgehead atoms. The van der Waals surface area contributed by atoms with E-state index in [1.54, 1.807) is 6.07 Å². The molecule has 3 rings (SSSR count). The highest BCUT2D eigenvalue weighted by molar-refractivity contribution is 7.98. The molecule has 1 N–H and O–H groups in total. The maximum absolute atomic E-state index is 10.9. The number of aryl methyl sites for hydroxylation is 1. The number of thiazole rings is 1. The van der Waals surface area contributed by atoms with Crippen molar-refractivity contribution in [2.75, 3.05) is 0 Å². The molecular formula is C14H11ClN4O2S2. The molecule has 6 nitrogen and oxygen atoms in total. The highest BCUT2D eigenvalue weighted by atomic mass is 35.5. The number of benzene rings is 1. The third kappa shape index (κ3) is 3.54. The van der Waals surface area contributed by atoms with E-state index >= 15 is 0 Å². The Labute approximate surface area is 145 Å². The topological polar surface area (TPSA) is 80.9 Å². The first kappa shape index (κ1) is 16.0. The fourth-order valence-electron chi connectivity index (χ4n) is 1.95. The van der Waals surface area contributed by atoms with Gasteiger partial charge in [-0.1, -0.05) is 29.4 Å². The average molecular weight is 367 g/mol. The van der Waals surface area contributed by atoms with Crippen LogP contribution in [0.1, 0.15) is 21.3 Å². The summed E-state index contributed by atoms with van der Waals surface area (Å²) in [5.41, 5.74) is 0.950. The molecule has 0 atom stereocenters. The van der Waals surface area contributed by atoms with E-state index in [2.05, 4.69) is 15.2 Å². The van der Waals surface area contributed by atoms with Gasteiger partial charge in [-0.05, 0) is 25.1 Å². The molecule has 2 heterocycles. The van der Waals surface area contributed by atoms with Gasteiger partial charge in [-0.25, -0.2) is 9.78 Å². The van der Waals surface area contributed by atoms with Crippen molar-refractivity contribution in [1.29, 1.82) is 0 Å². The number of nitrogens with zero attached hydrogens (tertiary/aromatic N) is 4. The standard InChI is InChI=1S/C14H11ClN4O2S2/c1-8-17-18-14(19(8)10-4-2-3-9(15)5-10)23-7-12-16-11(6-22-12)13(20)21/h2-6H,7H2,1H3,(H,20,21). The van der Waals surface area contributed by atoms with Crippen LogP contribution in [-0.4, -0.2) is 30.8 Å². The third-order valence-corrected chi connectivity index (χ3v) is 5.16. The first-order chi connectivity index (χ1) is 11.0. The Kier molecular flexibility index (Phi) is 4.65. The third-order valence-electron chi connectivity index (χ3n) is 2.96. The fraction of sp³-hybridized carbons (Fsp3) is 0.143. The molecule has 0 saturated carbocycles. The summed E-state index contributed by atoms with van der Waals surface area (Å²) in [6.45, 7) is 1.86. The zero-order valence-corrected chi connectivity index (χ0v) is 14.3. The molecule has 0 saturated heterocycles. The van der Waals surface area contributed by atoms with Crippen molar-refractivity contribution >= 4 is 40.7 Å². The quantitative estimate of drug-likeness (QED) is 0.694. The van der Waals surface area contributed by atoms with Gasteiger partial charge in [0.1, 0.15) is 10.8 Å². The van der Waals surface area contributed by atoms with Crippen LogP contribution >= 0.6 is 34.7 Å². The maximum atomic E-state index is 10.9. The number of rotatable bonds is 5. The van der Waals surface area contributed by atoms with E-state index in [4.69, 9.17) is 16.7 Å². The van der Waals surface area contributed by atoms with Crippen molar-refractivity contribution in [2.45, 2.75) is 17.8 Å². The first-order valence-electron chi connectivity index (χ1n) is 6.53. The Hall–Kier alpha value is -1.90. The van der Waals surface area contributed by atoms with Crippen LogP contribution in [0.2, 0.25) is 5.02 Å². The number of halogens is 1. The molecule has 0 aliphatic rings. The van der Waals surface area contributed by atoms with Crippen LogP contribution in [0.3, 0.4) is 0 Å².